The number of para-hydroxylation sites is 1. The zero-order valence-electron chi connectivity index (χ0n) is 13.2. The highest BCUT2D eigenvalue weighted by Crippen LogP contribution is 2.15. The van der Waals surface area contributed by atoms with E-state index in [9.17, 15) is 4.39 Å². The maximum Gasteiger partial charge on any atom is 0.129 e. The van der Waals surface area contributed by atoms with E-state index in [4.69, 9.17) is 4.74 Å². The van der Waals surface area contributed by atoms with Crippen LogP contribution in [0.15, 0.2) is 78.9 Å². The molecule has 0 radical (unpaired) electrons. The lowest BCUT2D eigenvalue weighted by Gasteiger charge is -2.10. The fourth-order valence-corrected chi connectivity index (χ4v) is 2.25. The molecule has 0 aliphatic rings. The summed E-state index contributed by atoms with van der Waals surface area (Å²) < 4.78 is 19.2. The Bertz CT molecular complexity index is 760. The van der Waals surface area contributed by atoms with Crippen LogP contribution in [0.4, 0.5) is 10.1 Å². The summed E-state index contributed by atoms with van der Waals surface area (Å²) in [5, 5.41) is 0. The smallest absolute Gasteiger partial charge is 0.129 e. The van der Waals surface area contributed by atoms with Gasteiger partial charge in [-0.15, -0.1) is 0 Å². The largest absolute Gasteiger partial charge is 0.489 e. The van der Waals surface area contributed by atoms with Crippen molar-refractivity contribution in [3.05, 3.63) is 95.8 Å². The maximum atomic E-state index is 13.5. The topological polar surface area (TPSA) is 33.3 Å². The molecule has 0 amide bonds. The number of nitrogens with one attached hydrogen (secondary N) is 2. The summed E-state index contributed by atoms with van der Waals surface area (Å²) in [6.07, 6.45) is 0. The van der Waals surface area contributed by atoms with Crippen molar-refractivity contribution in [2.75, 3.05) is 5.43 Å². The Morgan fingerprint density at radius 2 is 1.50 bits per heavy atom. The minimum absolute atomic E-state index is 0.222. The first-order valence-corrected chi connectivity index (χ1v) is 7.80. The SMILES string of the molecule is Fc1ccccc1COc1ccc(CNNc2ccccc2)cc1. The number of ether oxygens (including phenoxy) is 1. The van der Waals surface area contributed by atoms with Gasteiger partial charge in [-0.05, 0) is 35.9 Å². The molecule has 3 nitrogen and oxygen atoms in total. The van der Waals surface area contributed by atoms with E-state index in [-0.39, 0.29) is 12.4 Å². The van der Waals surface area contributed by atoms with E-state index in [2.05, 4.69) is 10.9 Å². The summed E-state index contributed by atoms with van der Waals surface area (Å²) in [6, 6.07) is 24.3. The molecule has 4 heteroatoms. The highest BCUT2D eigenvalue weighted by atomic mass is 19.1. The van der Waals surface area contributed by atoms with Crippen LogP contribution in [0.1, 0.15) is 11.1 Å². The van der Waals surface area contributed by atoms with Crippen LogP contribution in [0.2, 0.25) is 0 Å². The number of rotatable bonds is 7. The van der Waals surface area contributed by atoms with E-state index in [1.807, 2.05) is 54.6 Å². The van der Waals surface area contributed by atoms with Gasteiger partial charge in [-0.1, -0.05) is 48.5 Å². The van der Waals surface area contributed by atoms with Crippen LogP contribution in [-0.2, 0) is 13.2 Å². The first-order valence-electron chi connectivity index (χ1n) is 7.80. The predicted molar refractivity (Wildman–Crippen MR) is 94.1 cm³/mol. The second-order valence-corrected chi connectivity index (χ2v) is 5.37. The van der Waals surface area contributed by atoms with Crippen LogP contribution in [0, 0.1) is 5.82 Å². The molecule has 3 aromatic rings. The fourth-order valence-electron chi connectivity index (χ4n) is 2.25. The molecule has 24 heavy (non-hydrogen) atoms. The van der Waals surface area contributed by atoms with Crippen molar-refractivity contribution in [3.63, 3.8) is 0 Å². The van der Waals surface area contributed by atoms with Gasteiger partial charge in [0.1, 0.15) is 18.2 Å². The zero-order valence-corrected chi connectivity index (χ0v) is 13.2. The number of hydrogen-bond donors (Lipinski definition) is 2. The van der Waals surface area contributed by atoms with Gasteiger partial charge in [0.25, 0.3) is 0 Å². The molecule has 0 saturated heterocycles. The van der Waals surface area contributed by atoms with Crippen molar-refractivity contribution < 1.29 is 9.13 Å². The van der Waals surface area contributed by atoms with Gasteiger partial charge in [0.2, 0.25) is 0 Å². The molecule has 0 unspecified atom stereocenters. The third kappa shape index (κ3) is 4.57. The highest BCUT2D eigenvalue weighted by Gasteiger charge is 2.02. The molecule has 0 atom stereocenters. The van der Waals surface area contributed by atoms with Crippen LogP contribution in [-0.4, -0.2) is 0 Å². The number of halogens is 1. The van der Waals surface area contributed by atoms with E-state index in [0.717, 1.165) is 17.0 Å². The summed E-state index contributed by atoms with van der Waals surface area (Å²) in [7, 11) is 0. The average molecular weight is 322 g/mol. The van der Waals surface area contributed by atoms with Gasteiger partial charge < -0.3 is 10.2 Å². The summed E-state index contributed by atoms with van der Waals surface area (Å²) in [5.74, 6) is 0.475. The van der Waals surface area contributed by atoms with E-state index in [1.54, 1.807) is 18.2 Å². The Kier molecular flexibility index (Phi) is 5.43. The molecule has 3 rings (SSSR count). The third-order valence-electron chi connectivity index (χ3n) is 3.57. The molecule has 2 N–H and O–H groups in total. The number of benzene rings is 3. The van der Waals surface area contributed by atoms with Crippen LogP contribution in [0.5, 0.6) is 5.75 Å². The lowest BCUT2D eigenvalue weighted by molar-refractivity contribution is 0.300. The molecule has 0 saturated carbocycles. The summed E-state index contributed by atoms with van der Waals surface area (Å²) in [4.78, 5) is 0. The van der Waals surface area contributed by atoms with Gasteiger partial charge in [0, 0.05) is 17.8 Å². The van der Waals surface area contributed by atoms with Crippen LogP contribution >= 0.6 is 0 Å². The van der Waals surface area contributed by atoms with Crippen LogP contribution in [0.3, 0.4) is 0 Å². The molecule has 0 bridgehead atoms. The Morgan fingerprint density at radius 3 is 2.25 bits per heavy atom. The Hall–Kier alpha value is -2.85. The molecule has 3 aromatic carbocycles. The molecule has 122 valence electrons. The predicted octanol–water partition coefficient (Wildman–Crippen LogP) is 4.52. The van der Waals surface area contributed by atoms with Crippen molar-refractivity contribution >= 4 is 5.69 Å². The number of hydrazine groups is 1. The molecular weight excluding hydrogens is 303 g/mol. The lowest BCUT2D eigenvalue weighted by atomic mass is 10.2. The van der Waals surface area contributed by atoms with Crippen molar-refractivity contribution in [3.8, 4) is 5.75 Å². The Balaban J connectivity index is 1.47. The van der Waals surface area contributed by atoms with Crippen molar-refractivity contribution in [2.24, 2.45) is 0 Å². The van der Waals surface area contributed by atoms with E-state index < -0.39 is 0 Å². The summed E-state index contributed by atoms with van der Waals surface area (Å²) in [5.41, 5.74) is 8.99. The van der Waals surface area contributed by atoms with Crippen molar-refractivity contribution in [2.45, 2.75) is 13.2 Å². The van der Waals surface area contributed by atoms with Gasteiger partial charge in [0.15, 0.2) is 0 Å². The van der Waals surface area contributed by atoms with Crippen molar-refractivity contribution in [1.82, 2.24) is 5.43 Å². The van der Waals surface area contributed by atoms with E-state index in [0.29, 0.717) is 12.1 Å². The highest BCUT2D eigenvalue weighted by molar-refractivity contribution is 5.41. The van der Waals surface area contributed by atoms with E-state index >= 15 is 0 Å². The molecule has 0 heterocycles. The minimum Gasteiger partial charge on any atom is -0.489 e. The molecular formula is C20H19FN2O. The Labute approximate surface area is 141 Å². The quantitative estimate of drug-likeness (QED) is 0.627. The first kappa shape index (κ1) is 16.0. The second-order valence-electron chi connectivity index (χ2n) is 5.37. The molecule has 0 aliphatic carbocycles. The summed E-state index contributed by atoms with van der Waals surface area (Å²) in [6.45, 7) is 0.905. The van der Waals surface area contributed by atoms with Crippen molar-refractivity contribution in [1.29, 1.82) is 0 Å². The molecule has 0 spiro atoms. The van der Waals surface area contributed by atoms with Gasteiger partial charge in [-0.25, -0.2) is 9.82 Å². The molecule has 0 aliphatic heterocycles. The maximum absolute atomic E-state index is 13.5. The fraction of sp³-hybridized carbons (Fsp3) is 0.100. The van der Waals surface area contributed by atoms with Gasteiger partial charge in [0.05, 0.1) is 0 Å². The van der Waals surface area contributed by atoms with Crippen LogP contribution < -0.4 is 15.6 Å². The number of anilines is 1. The average Bonchev–Trinajstić information content (AvgIpc) is 2.63. The van der Waals surface area contributed by atoms with Gasteiger partial charge in [-0.2, -0.15) is 0 Å². The lowest BCUT2D eigenvalue weighted by Crippen LogP contribution is -2.20. The zero-order chi connectivity index (χ0) is 16.6. The molecule has 0 fully saturated rings. The van der Waals surface area contributed by atoms with Gasteiger partial charge in [-0.3, -0.25) is 0 Å². The van der Waals surface area contributed by atoms with E-state index in [1.165, 1.54) is 6.07 Å². The third-order valence-corrected chi connectivity index (χ3v) is 3.57. The Morgan fingerprint density at radius 1 is 0.792 bits per heavy atom. The van der Waals surface area contributed by atoms with Crippen LogP contribution in [0.25, 0.3) is 0 Å². The minimum atomic E-state index is -0.245. The standard InChI is InChI=1S/C20H19FN2O/c21-20-9-5-4-6-17(20)15-24-19-12-10-16(11-13-19)14-22-23-18-7-2-1-3-8-18/h1-13,22-23H,14-15H2. The number of hydrogen-bond acceptors (Lipinski definition) is 3. The van der Waals surface area contributed by atoms with Gasteiger partial charge >= 0.3 is 0 Å². The molecule has 0 aromatic heterocycles. The monoisotopic (exact) mass is 322 g/mol. The second kappa shape index (κ2) is 8.13. The normalized spacial score (nSPS) is 10.4. The summed E-state index contributed by atoms with van der Waals surface area (Å²) >= 11 is 0. The first-order chi connectivity index (χ1) is 11.8.